The van der Waals surface area contributed by atoms with E-state index in [1.54, 1.807) is 0 Å². The van der Waals surface area contributed by atoms with Gasteiger partial charge in [-0.05, 0) is 42.5 Å². The number of rotatable bonds is 5. The zero-order valence-electron chi connectivity index (χ0n) is 27.0. The van der Waals surface area contributed by atoms with Gasteiger partial charge in [-0.3, -0.25) is 4.57 Å². The SMILES string of the molecule is c1ccc(-c2cc(-c3ccccc3)nc(-c3ccc(-n4c5ccccc5c5ccc6c7ccccc7n(-c7ccccc7)c6c54)nc3)n2)cc1. The highest BCUT2D eigenvalue weighted by atomic mass is 15.1. The van der Waals surface area contributed by atoms with Crippen molar-refractivity contribution in [3.8, 4) is 45.4 Å². The first-order valence-electron chi connectivity index (χ1n) is 16.8. The van der Waals surface area contributed by atoms with E-state index >= 15 is 0 Å². The van der Waals surface area contributed by atoms with Gasteiger partial charge in [-0.25, -0.2) is 15.0 Å². The monoisotopic (exact) mass is 639 g/mol. The van der Waals surface area contributed by atoms with Crippen molar-refractivity contribution >= 4 is 43.6 Å². The third-order valence-corrected chi connectivity index (χ3v) is 9.58. The van der Waals surface area contributed by atoms with E-state index in [-0.39, 0.29) is 0 Å². The fourth-order valence-electron chi connectivity index (χ4n) is 7.32. The van der Waals surface area contributed by atoms with Crippen LogP contribution in [0.5, 0.6) is 0 Å². The summed E-state index contributed by atoms with van der Waals surface area (Å²) >= 11 is 0. The van der Waals surface area contributed by atoms with Crippen LogP contribution < -0.4 is 0 Å². The Hall–Kier alpha value is -6.85. The second-order valence-electron chi connectivity index (χ2n) is 12.5. The highest BCUT2D eigenvalue weighted by molar-refractivity contribution is 6.23. The first-order chi connectivity index (χ1) is 24.8. The van der Waals surface area contributed by atoms with E-state index in [1.165, 1.54) is 27.1 Å². The maximum Gasteiger partial charge on any atom is 0.161 e. The Labute approximate surface area is 288 Å². The Morgan fingerprint density at radius 1 is 0.380 bits per heavy atom. The molecule has 0 saturated carbocycles. The summed E-state index contributed by atoms with van der Waals surface area (Å²) in [6.45, 7) is 0. The molecule has 50 heavy (non-hydrogen) atoms. The van der Waals surface area contributed by atoms with E-state index in [4.69, 9.17) is 15.0 Å². The Bertz CT molecular complexity index is 2780. The third-order valence-electron chi connectivity index (χ3n) is 9.58. The molecule has 0 amide bonds. The second kappa shape index (κ2) is 11.4. The summed E-state index contributed by atoms with van der Waals surface area (Å²) in [5, 5.41) is 4.80. The standard InChI is InChI=1S/C45H29N5/c1-4-14-30(15-5-1)38-28-39(31-16-6-2-7-17-31)48-45(47-38)32-24-27-42(46-29-32)50-41-23-13-11-21-35(41)37-26-25-36-34-20-10-12-22-40(34)49(43(36)44(37)50)33-18-8-3-9-19-33/h1-29H. The van der Waals surface area contributed by atoms with Crippen LogP contribution in [0.3, 0.4) is 0 Å². The lowest BCUT2D eigenvalue weighted by Gasteiger charge is -2.12. The molecule has 234 valence electrons. The minimum Gasteiger partial charge on any atom is -0.307 e. The van der Waals surface area contributed by atoms with E-state index < -0.39 is 0 Å². The van der Waals surface area contributed by atoms with Gasteiger partial charge in [0.15, 0.2) is 5.82 Å². The summed E-state index contributed by atoms with van der Waals surface area (Å²) in [5.41, 5.74) is 10.4. The lowest BCUT2D eigenvalue weighted by Crippen LogP contribution is -2.01. The maximum atomic E-state index is 5.14. The Kier molecular flexibility index (Phi) is 6.42. The molecule has 0 aliphatic rings. The average molecular weight is 640 g/mol. The molecule has 0 unspecified atom stereocenters. The molecule has 4 aromatic heterocycles. The van der Waals surface area contributed by atoms with Crippen molar-refractivity contribution in [2.24, 2.45) is 0 Å². The molecule has 0 N–H and O–H groups in total. The van der Waals surface area contributed by atoms with E-state index in [0.717, 1.165) is 56.1 Å². The van der Waals surface area contributed by atoms with Crippen molar-refractivity contribution in [2.75, 3.05) is 0 Å². The number of benzene rings is 6. The molecule has 0 aliphatic carbocycles. The summed E-state index contributed by atoms with van der Waals surface area (Å²) in [7, 11) is 0. The minimum absolute atomic E-state index is 0.637. The van der Waals surface area contributed by atoms with Crippen LogP contribution in [0.25, 0.3) is 89.0 Å². The lowest BCUT2D eigenvalue weighted by molar-refractivity contribution is 1.07. The molecule has 0 radical (unpaired) electrons. The summed E-state index contributed by atoms with van der Waals surface area (Å²) < 4.78 is 4.70. The minimum atomic E-state index is 0.637. The zero-order chi connectivity index (χ0) is 33.0. The molecule has 0 fully saturated rings. The van der Waals surface area contributed by atoms with Crippen LogP contribution >= 0.6 is 0 Å². The fourth-order valence-corrected chi connectivity index (χ4v) is 7.32. The van der Waals surface area contributed by atoms with Crippen LogP contribution in [-0.2, 0) is 0 Å². The van der Waals surface area contributed by atoms with Crippen LogP contribution in [0.4, 0.5) is 0 Å². The quantitative estimate of drug-likeness (QED) is 0.188. The molecular weight excluding hydrogens is 611 g/mol. The number of nitrogens with zero attached hydrogens (tertiary/aromatic N) is 5. The number of fused-ring (bicyclic) bond motifs is 7. The van der Waals surface area contributed by atoms with Gasteiger partial charge in [-0.1, -0.05) is 127 Å². The van der Waals surface area contributed by atoms with Crippen LogP contribution in [0.15, 0.2) is 176 Å². The van der Waals surface area contributed by atoms with Gasteiger partial charge in [0, 0.05) is 50.1 Å². The molecule has 0 bridgehead atoms. The highest BCUT2D eigenvalue weighted by Crippen LogP contribution is 2.41. The summed E-state index contributed by atoms with van der Waals surface area (Å²) in [6.07, 6.45) is 1.90. The molecule has 10 aromatic rings. The number of pyridine rings is 1. The molecule has 0 aliphatic heterocycles. The van der Waals surface area contributed by atoms with Gasteiger partial charge in [0.1, 0.15) is 5.82 Å². The first-order valence-corrected chi connectivity index (χ1v) is 16.8. The predicted molar refractivity (Wildman–Crippen MR) is 205 cm³/mol. The molecule has 10 rings (SSSR count). The van der Waals surface area contributed by atoms with Gasteiger partial charge >= 0.3 is 0 Å². The van der Waals surface area contributed by atoms with Gasteiger partial charge < -0.3 is 4.57 Å². The highest BCUT2D eigenvalue weighted by Gasteiger charge is 2.21. The maximum absolute atomic E-state index is 5.14. The van der Waals surface area contributed by atoms with Crippen molar-refractivity contribution < 1.29 is 0 Å². The molecule has 0 atom stereocenters. The average Bonchev–Trinajstić information content (AvgIpc) is 3.72. The van der Waals surface area contributed by atoms with Crippen LogP contribution in [0, 0.1) is 0 Å². The van der Waals surface area contributed by atoms with Gasteiger partial charge in [-0.2, -0.15) is 0 Å². The number of aromatic nitrogens is 5. The largest absolute Gasteiger partial charge is 0.307 e. The van der Waals surface area contributed by atoms with E-state index in [0.29, 0.717) is 5.82 Å². The van der Waals surface area contributed by atoms with Gasteiger partial charge in [0.2, 0.25) is 0 Å². The van der Waals surface area contributed by atoms with E-state index in [2.05, 4.69) is 143 Å². The van der Waals surface area contributed by atoms with Crippen molar-refractivity contribution in [3.63, 3.8) is 0 Å². The normalized spacial score (nSPS) is 11.6. The molecule has 5 heteroatoms. The van der Waals surface area contributed by atoms with Crippen LogP contribution in [-0.4, -0.2) is 24.1 Å². The number of para-hydroxylation sites is 3. The van der Waals surface area contributed by atoms with Crippen LogP contribution in [0.1, 0.15) is 0 Å². The fraction of sp³-hybridized carbons (Fsp3) is 0. The number of hydrogen-bond acceptors (Lipinski definition) is 3. The molecule has 5 nitrogen and oxygen atoms in total. The molecular formula is C45H29N5. The second-order valence-corrected chi connectivity index (χ2v) is 12.5. The summed E-state index contributed by atoms with van der Waals surface area (Å²) in [4.78, 5) is 15.2. The molecule has 6 aromatic carbocycles. The first kappa shape index (κ1) is 28.2. The third kappa shape index (κ3) is 4.45. The molecule has 0 saturated heterocycles. The van der Waals surface area contributed by atoms with Gasteiger partial charge in [0.25, 0.3) is 0 Å². The topological polar surface area (TPSA) is 48.5 Å². The predicted octanol–water partition coefficient (Wildman–Crippen LogP) is 11.1. The van der Waals surface area contributed by atoms with Crippen molar-refractivity contribution in [2.45, 2.75) is 0 Å². The Morgan fingerprint density at radius 3 is 1.44 bits per heavy atom. The molecule has 0 spiro atoms. The summed E-state index contributed by atoms with van der Waals surface area (Å²) in [5.74, 6) is 1.47. The Balaban J connectivity index is 1.21. The number of hydrogen-bond donors (Lipinski definition) is 0. The van der Waals surface area contributed by atoms with Crippen molar-refractivity contribution in [1.29, 1.82) is 0 Å². The smallest absolute Gasteiger partial charge is 0.161 e. The lowest BCUT2D eigenvalue weighted by atomic mass is 10.1. The molecule has 4 heterocycles. The van der Waals surface area contributed by atoms with Crippen LogP contribution in [0.2, 0.25) is 0 Å². The van der Waals surface area contributed by atoms with Crippen molar-refractivity contribution in [3.05, 3.63) is 176 Å². The van der Waals surface area contributed by atoms with Crippen molar-refractivity contribution in [1.82, 2.24) is 24.1 Å². The van der Waals surface area contributed by atoms with Gasteiger partial charge in [0.05, 0.1) is 33.5 Å². The van der Waals surface area contributed by atoms with E-state index in [1.807, 2.05) is 42.6 Å². The van der Waals surface area contributed by atoms with Gasteiger partial charge in [-0.15, -0.1) is 0 Å². The summed E-state index contributed by atoms with van der Waals surface area (Å²) in [6, 6.07) is 59.2. The zero-order valence-corrected chi connectivity index (χ0v) is 27.0. The Morgan fingerprint density at radius 2 is 0.880 bits per heavy atom. The van der Waals surface area contributed by atoms with E-state index in [9.17, 15) is 0 Å².